The molecule has 1 aliphatic rings. The first-order valence-corrected chi connectivity index (χ1v) is 11.5. The fourth-order valence-electron chi connectivity index (χ4n) is 3.19. The summed E-state index contributed by atoms with van der Waals surface area (Å²) < 4.78 is 11.3. The summed E-state index contributed by atoms with van der Waals surface area (Å²) in [6.45, 7) is 0.451. The van der Waals surface area contributed by atoms with Gasteiger partial charge in [0.25, 0.3) is 0 Å². The third kappa shape index (κ3) is 6.37. The van der Waals surface area contributed by atoms with Crippen LogP contribution in [0.4, 0.5) is 0 Å². The normalized spacial score (nSPS) is 16.8. The number of amidine groups is 1. The molecule has 0 spiro atoms. The van der Waals surface area contributed by atoms with E-state index in [1.807, 2.05) is 72.8 Å². The van der Waals surface area contributed by atoms with Gasteiger partial charge in [0.1, 0.15) is 6.61 Å². The van der Waals surface area contributed by atoms with Gasteiger partial charge in [-0.1, -0.05) is 65.8 Å². The van der Waals surface area contributed by atoms with Crippen molar-refractivity contribution < 1.29 is 14.3 Å². The Hall–Kier alpha value is -3.29. The number of hydrogen-bond donors (Lipinski definition) is 1. The van der Waals surface area contributed by atoms with Crippen LogP contribution in [0.25, 0.3) is 0 Å². The van der Waals surface area contributed by atoms with Gasteiger partial charge in [-0.05, 0) is 53.4 Å². The van der Waals surface area contributed by atoms with E-state index in [1.54, 1.807) is 13.3 Å². The molecule has 3 aromatic rings. The summed E-state index contributed by atoms with van der Waals surface area (Å²) in [4.78, 5) is 12.3. The van der Waals surface area contributed by atoms with Gasteiger partial charge >= 0.3 is 0 Å². The van der Waals surface area contributed by atoms with Gasteiger partial charge in [-0.25, -0.2) is 0 Å². The first-order valence-electron chi connectivity index (χ1n) is 10.3. The van der Waals surface area contributed by atoms with Crippen LogP contribution in [0.1, 0.15) is 16.7 Å². The van der Waals surface area contributed by atoms with E-state index in [9.17, 15) is 4.79 Å². The Bertz CT molecular complexity index is 1170. The number of methoxy groups -OCH3 is 1. The number of thioether (sulfide) groups is 1. The van der Waals surface area contributed by atoms with Gasteiger partial charge in [0, 0.05) is 5.02 Å². The molecule has 1 atom stereocenters. The Morgan fingerprint density at radius 3 is 2.58 bits per heavy atom. The van der Waals surface area contributed by atoms with E-state index in [4.69, 9.17) is 21.1 Å². The lowest BCUT2D eigenvalue weighted by atomic mass is 10.1. The molecule has 1 saturated heterocycles. The first kappa shape index (κ1) is 22.9. The van der Waals surface area contributed by atoms with Crippen molar-refractivity contribution in [2.45, 2.75) is 18.3 Å². The van der Waals surface area contributed by atoms with Gasteiger partial charge < -0.3 is 14.8 Å². The lowest BCUT2D eigenvalue weighted by Gasteiger charge is -2.11. The van der Waals surface area contributed by atoms with Gasteiger partial charge in [-0.15, -0.1) is 5.10 Å². The quantitative estimate of drug-likeness (QED) is 0.360. The molecule has 8 heteroatoms. The van der Waals surface area contributed by atoms with E-state index in [1.165, 1.54) is 11.8 Å². The minimum absolute atomic E-state index is 0.0783. The van der Waals surface area contributed by atoms with Crippen molar-refractivity contribution >= 4 is 40.7 Å². The van der Waals surface area contributed by atoms with E-state index in [2.05, 4.69) is 15.5 Å². The Morgan fingerprint density at radius 2 is 1.82 bits per heavy atom. The maximum Gasteiger partial charge on any atom is 0.239 e. The van der Waals surface area contributed by atoms with Crippen LogP contribution in [0.2, 0.25) is 5.02 Å². The number of carbonyl (C=O) groups is 1. The number of amides is 1. The molecule has 0 aliphatic carbocycles. The van der Waals surface area contributed by atoms with Crippen molar-refractivity contribution in [1.29, 1.82) is 0 Å². The third-order valence-corrected chi connectivity index (χ3v) is 6.22. The van der Waals surface area contributed by atoms with E-state index in [0.29, 0.717) is 34.7 Å². The molecule has 168 valence electrons. The van der Waals surface area contributed by atoms with Crippen molar-refractivity contribution in [2.24, 2.45) is 10.2 Å². The lowest BCUT2D eigenvalue weighted by molar-refractivity contribution is -0.118. The number of hydrogen-bond acceptors (Lipinski definition) is 6. The number of carbonyl (C=O) groups excluding carboxylic acids is 1. The summed E-state index contributed by atoms with van der Waals surface area (Å²) in [5, 5.41) is 12.0. The third-order valence-electron chi connectivity index (χ3n) is 4.89. The summed E-state index contributed by atoms with van der Waals surface area (Å²) in [7, 11) is 1.59. The van der Waals surface area contributed by atoms with Gasteiger partial charge in [0.2, 0.25) is 5.91 Å². The molecule has 1 N–H and O–H groups in total. The fraction of sp³-hybridized carbons (Fsp3) is 0.160. The average molecular weight is 480 g/mol. The molecule has 0 radical (unpaired) electrons. The Labute approximate surface area is 201 Å². The summed E-state index contributed by atoms with van der Waals surface area (Å²) in [6, 6.07) is 22.9. The summed E-state index contributed by atoms with van der Waals surface area (Å²) in [6.07, 6.45) is 2.20. The molecule has 3 aromatic carbocycles. The van der Waals surface area contributed by atoms with Crippen LogP contribution in [0, 0.1) is 0 Å². The highest BCUT2D eigenvalue weighted by atomic mass is 35.5. The number of nitrogens with one attached hydrogen (secondary N) is 1. The second kappa shape index (κ2) is 11.0. The average Bonchev–Trinajstić information content (AvgIpc) is 3.19. The van der Waals surface area contributed by atoms with Gasteiger partial charge in [0.15, 0.2) is 16.7 Å². The molecule has 1 heterocycles. The Balaban J connectivity index is 1.36. The maximum absolute atomic E-state index is 12.3. The van der Waals surface area contributed by atoms with Crippen molar-refractivity contribution in [3.8, 4) is 11.5 Å². The Kier molecular flexibility index (Phi) is 7.65. The van der Waals surface area contributed by atoms with Crippen molar-refractivity contribution in [3.05, 3.63) is 94.5 Å². The molecule has 0 bridgehead atoms. The lowest BCUT2D eigenvalue weighted by Crippen LogP contribution is -2.25. The molecule has 4 rings (SSSR count). The molecule has 1 aliphatic heterocycles. The zero-order valence-electron chi connectivity index (χ0n) is 17.9. The van der Waals surface area contributed by atoms with Crippen molar-refractivity contribution in [1.82, 2.24) is 5.32 Å². The van der Waals surface area contributed by atoms with Crippen LogP contribution in [0.3, 0.4) is 0 Å². The van der Waals surface area contributed by atoms with Gasteiger partial charge in [-0.2, -0.15) is 5.10 Å². The van der Waals surface area contributed by atoms with Gasteiger partial charge in [0.05, 0.1) is 18.6 Å². The maximum atomic E-state index is 12.3. The molecule has 1 amide bonds. The second-order valence-corrected chi connectivity index (χ2v) is 8.89. The van der Waals surface area contributed by atoms with E-state index >= 15 is 0 Å². The summed E-state index contributed by atoms with van der Waals surface area (Å²) in [5.41, 5.74) is 2.92. The van der Waals surface area contributed by atoms with E-state index < -0.39 is 0 Å². The predicted molar refractivity (Wildman–Crippen MR) is 133 cm³/mol. The predicted octanol–water partition coefficient (Wildman–Crippen LogP) is 5.09. The molecular formula is C25H22ClN3O3S. The molecule has 1 unspecified atom stereocenters. The zero-order valence-corrected chi connectivity index (χ0v) is 19.5. The Morgan fingerprint density at radius 1 is 1.03 bits per heavy atom. The minimum atomic E-state index is -0.249. The SMILES string of the molecule is COc1cc(C=NN=C2NC(=O)C(Cc3ccc(Cl)cc3)S2)ccc1OCc1ccccc1. The smallest absolute Gasteiger partial charge is 0.239 e. The van der Waals surface area contributed by atoms with Gasteiger partial charge in [-0.3, -0.25) is 4.79 Å². The van der Waals surface area contributed by atoms with Crippen molar-refractivity contribution in [3.63, 3.8) is 0 Å². The van der Waals surface area contributed by atoms with E-state index in [-0.39, 0.29) is 11.2 Å². The highest BCUT2D eigenvalue weighted by Crippen LogP contribution is 2.28. The van der Waals surface area contributed by atoms with E-state index in [0.717, 1.165) is 16.7 Å². The largest absolute Gasteiger partial charge is 0.493 e. The molecule has 6 nitrogen and oxygen atoms in total. The number of benzene rings is 3. The molecule has 1 fully saturated rings. The molecule has 0 aromatic heterocycles. The zero-order chi connectivity index (χ0) is 23.0. The van der Waals surface area contributed by atoms with Crippen LogP contribution < -0.4 is 14.8 Å². The fourth-order valence-corrected chi connectivity index (χ4v) is 4.28. The number of rotatable bonds is 8. The topological polar surface area (TPSA) is 72.3 Å². The van der Waals surface area contributed by atoms with Crippen LogP contribution in [-0.4, -0.2) is 29.6 Å². The highest BCUT2D eigenvalue weighted by Gasteiger charge is 2.30. The minimum Gasteiger partial charge on any atom is -0.493 e. The molecular weight excluding hydrogens is 458 g/mol. The monoisotopic (exact) mass is 479 g/mol. The summed E-state index contributed by atoms with van der Waals surface area (Å²) >= 11 is 7.29. The van der Waals surface area contributed by atoms with Crippen LogP contribution in [0.5, 0.6) is 11.5 Å². The number of nitrogens with zero attached hydrogens (tertiary/aromatic N) is 2. The number of halogens is 1. The van der Waals surface area contributed by atoms with Crippen LogP contribution in [-0.2, 0) is 17.8 Å². The number of ether oxygens (including phenoxy) is 2. The molecule has 0 saturated carbocycles. The molecule has 33 heavy (non-hydrogen) atoms. The van der Waals surface area contributed by atoms with Crippen LogP contribution >= 0.6 is 23.4 Å². The first-order chi connectivity index (χ1) is 16.1. The highest BCUT2D eigenvalue weighted by molar-refractivity contribution is 8.15. The van der Waals surface area contributed by atoms with Crippen LogP contribution in [0.15, 0.2) is 83.0 Å². The standard InChI is InChI=1S/C25H22ClN3O3S/c1-31-22-13-19(9-12-21(22)32-16-18-5-3-2-4-6-18)15-27-29-25-28-24(30)23(33-25)14-17-7-10-20(26)11-8-17/h2-13,15,23H,14,16H2,1H3,(H,28,29,30). The second-order valence-electron chi connectivity index (χ2n) is 7.26. The summed E-state index contributed by atoms with van der Waals surface area (Å²) in [5.74, 6) is 1.17. The van der Waals surface area contributed by atoms with Crippen molar-refractivity contribution in [2.75, 3.05) is 7.11 Å².